The number of hydrazine groups is 1. The number of fused-ring (bicyclic) bond motifs is 1. The molecule has 0 atom stereocenters. The summed E-state index contributed by atoms with van der Waals surface area (Å²) in [5, 5.41) is 0. The van der Waals surface area contributed by atoms with E-state index in [2.05, 4.69) is 28.4 Å². The fourth-order valence-electron chi connectivity index (χ4n) is 2.25. The summed E-state index contributed by atoms with van der Waals surface area (Å²) in [5.74, 6) is 7.16. The Morgan fingerprint density at radius 1 is 1.24 bits per heavy atom. The molecular formula is C15H17N5O. The van der Waals surface area contributed by atoms with Crippen LogP contribution in [0.4, 0.5) is 5.82 Å². The number of nitrogens with zero attached hydrogens (tertiary/aromatic N) is 3. The van der Waals surface area contributed by atoms with Gasteiger partial charge in [-0.1, -0.05) is 6.07 Å². The lowest BCUT2D eigenvalue weighted by molar-refractivity contribution is 0.461. The van der Waals surface area contributed by atoms with Crippen molar-refractivity contribution in [3.05, 3.63) is 47.4 Å². The summed E-state index contributed by atoms with van der Waals surface area (Å²) in [6.45, 7) is 6.12. The zero-order chi connectivity index (χ0) is 15.0. The van der Waals surface area contributed by atoms with E-state index in [1.54, 1.807) is 12.4 Å². The lowest BCUT2D eigenvalue weighted by Gasteiger charge is -2.12. The van der Waals surface area contributed by atoms with Crippen LogP contribution in [-0.2, 0) is 0 Å². The highest BCUT2D eigenvalue weighted by molar-refractivity contribution is 5.56. The van der Waals surface area contributed by atoms with Gasteiger partial charge in [-0.05, 0) is 43.5 Å². The Kier molecular flexibility index (Phi) is 3.23. The number of aromatic nitrogens is 3. The van der Waals surface area contributed by atoms with E-state index in [4.69, 9.17) is 10.6 Å². The molecule has 21 heavy (non-hydrogen) atoms. The third kappa shape index (κ3) is 2.41. The molecule has 0 aliphatic heterocycles. The molecule has 3 aromatic rings. The second kappa shape index (κ2) is 5.06. The average molecular weight is 283 g/mol. The van der Waals surface area contributed by atoms with Gasteiger partial charge in [-0.3, -0.25) is 4.40 Å². The molecule has 0 aliphatic carbocycles. The zero-order valence-corrected chi connectivity index (χ0v) is 12.2. The first-order chi connectivity index (χ1) is 10.1. The van der Waals surface area contributed by atoms with Gasteiger partial charge >= 0.3 is 0 Å². The first-order valence-electron chi connectivity index (χ1n) is 6.64. The van der Waals surface area contributed by atoms with Crippen LogP contribution in [-0.4, -0.2) is 14.4 Å². The normalized spacial score (nSPS) is 10.9. The smallest absolute Gasteiger partial charge is 0.265 e. The second-order valence-electron chi connectivity index (χ2n) is 5.04. The molecule has 2 heterocycles. The van der Waals surface area contributed by atoms with Crippen molar-refractivity contribution in [1.82, 2.24) is 14.4 Å². The number of nitrogen functional groups attached to an aromatic ring is 1. The summed E-state index contributed by atoms with van der Waals surface area (Å²) in [5.41, 5.74) is 6.58. The molecule has 1 aromatic carbocycles. The lowest BCUT2D eigenvalue weighted by Crippen LogP contribution is -2.10. The number of hydrogen-bond acceptors (Lipinski definition) is 5. The first kappa shape index (κ1) is 13.4. The Labute approximate surface area is 122 Å². The van der Waals surface area contributed by atoms with Crippen molar-refractivity contribution < 1.29 is 4.74 Å². The summed E-state index contributed by atoms with van der Waals surface area (Å²) in [6.07, 6.45) is 5.27. The van der Waals surface area contributed by atoms with E-state index < -0.39 is 0 Å². The third-order valence-electron chi connectivity index (χ3n) is 3.46. The van der Waals surface area contributed by atoms with Gasteiger partial charge in [0.2, 0.25) is 5.65 Å². The van der Waals surface area contributed by atoms with Gasteiger partial charge in [0.15, 0.2) is 5.82 Å². The van der Waals surface area contributed by atoms with Gasteiger partial charge in [-0.15, -0.1) is 0 Å². The quantitative estimate of drug-likeness (QED) is 0.571. The Bertz CT molecular complexity index is 809. The zero-order valence-electron chi connectivity index (χ0n) is 12.2. The molecule has 0 amide bonds. The van der Waals surface area contributed by atoms with Gasteiger partial charge in [-0.25, -0.2) is 10.8 Å². The minimum absolute atomic E-state index is 0.420. The summed E-state index contributed by atoms with van der Waals surface area (Å²) in [6, 6.07) is 4.12. The number of nitrogens with two attached hydrogens (primary N) is 1. The molecule has 2 aromatic heterocycles. The number of anilines is 1. The van der Waals surface area contributed by atoms with Crippen LogP contribution in [0.1, 0.15) is 16.7 Å². The van der Waals surface area contributed by atoms with Crippen LogP contribution in [0.15, 0.2) is 30.7 Å². The molecule has 0 aliphatic rings. The van der Waals surface area contributed by atoms with Crippen LogP contribution in [0, 0.1) is 20.8 Å². The van der Waals surface area contributed by atoms with E-state index in [-0.39, 0.29) is 0 Å². The molecule has 0 radical (unpaired) electrons. The number of imidazole rings is 1. The van der Waals surface area contributed by atoms with Crippen LogP contribution < -0.4 is 16.0 Å². The molecule has 6 nitrogen and oxygen atoms in total. The summed E-state index contributed by atoms with van der Waals surface area (Å²) >= 11 is 0. The minimum Gasteiger partial charge on any atom is -0.436 e. The fourth-order valence-corrected chi connectivity index (χ4v) is 2.25. The summed E-state index contributed by atoms with van der Waals surface area (Å²) < 4.78 is 7.81. The van der Waals surface area contributed by atoms with Crippen molar-refractivity contribution in [2.24, 2.45) is 5.84 Å². The maximum Gasteiger partial charge on any atom is 0.265 e. The van der Waals surface area contributed by atoms with Crippen LogP contribution in [0.25, 0.3) is 5.65 Å². The van der Waals surface area contributed by atoms with E-state index >= 15 is 0 Å². The van der Waals surface area contributed by atoms with Gasteiger partial charge in [0, 0.05) is 12.4 Å². The SMILES string of the molecule is Cc1cc(C)c(C)c(Oc2nc(NN)cn3ccnc23)c1. The van der Waals surface area contributed by atoms with E-state index in [1.807, 2.05) is 30.5 Å². The molecule has 0 spiro atoms. The topological polar surface area (TPSA) is 77.5 Å². The molecule has 0 fully saturated rings. The lowest BCUT2D eigenvalue weighted by atomic mass is 10.1. The monoisotopic (exact) mass is 283 g/mol. The van der Waals surface area contributed by atoms with Gasteiger partial charge in [0.1, 0.15) is 5.75 Å². The summed E-state index contributed by atoms with van der Waals surface area (Å²) in [7, 11) is 0. The van der Waals surface area contributed by atoms with Crippen LogP contribution >= 0.6 is 0 Å². The molecule has 0 unspecified atom stereocenters. The Hall–Kier alpha value is -2.60. The predicted octanol–water partition coefficient (Wildman–Crippen LogP) is 2.73. The van der Waals surface area contributed by atoms with Gasteiger partial charge < -0.3 is 10.2 Å². The van der Waals surface area contributed by atoms with E-state index in [9.17, 15) is 0 Å². The van der Waals surface area contributed by atoms with Gasteiger partial charge in [0.25, 0.3) is 5.88 Å². The average Bonchev–Trinajstić information content (AvgIpc) is 2.92. The van der Waals surface area contributed by atoms with E-state index in [1.165, 1.54) is 5.56 Å². The Balaban J connectivity index is 2.11. The number of hydrogen-bond donors (Lipinski definition) is 2. The molecular weight excluding hydrogens is 266 g/mol. The van der Waals surface area contributed by atoms with Crippen molar-refractivity contribution in [2.45, 2.75) is 20.8 Å². The predicted molar refractivity (Wildman–Crippen MR) is 81.5 cm³/mol. The molecule has 108 valence electrons. The number of benzene rings is 1. The van der Waals surface area contributed by atoms with Crippen molar-refractivity contribution in [3.8, 4) is 11.6 Å². The molecule has 3 rings (SSSR count). The second-order valence-corrected chi connectivity index (χ2v) is 5.04. The Morgan fingerprint density at radius 3 is 2.81 bits per heavy atom. The van der Waals surface area contributed by atoms with Gasteiger partial charge in [0.05, 0.1) is 6.20 Å². The summed E-state index contributed by atoms with van der Waals surface area (Å²) in [4.78, 5) is 8.62. The van der Waals surface area contributed by atoms with Crippen molar-refractivity contribution >= 4 is 11.5 Å². The van der Waals surface area contributed by atoms with Crippen LogP contribution in [0.3, 0.4) is 0 Å². The van der Waals surface area contributed by atoms with Crippen molar-refractivity contribution in [3.63, 3.8) is 0 Å². The fraction of sp³-hybridized carbons (Fsp3) is 0.200. The first-order valence-corrected chi connectivity index (χ1v) is 6.64. The largest absolute Gasteiger partial charge is 0.436 e. The van der Waals surface area contributed by atoms with Crippen molar-refractivity contribution in [1.29, 1.82) is 0 Å². The molecule has 3 N–H and O–H groups in total. The van der Waals surface area contributed by atoms with Crippen LogP contribution in [0.5, 0.6) is 11.6 Å². The standard InChI is InChI=1S/C15H17N5O/c1-9-6-10(2)11(3)12(7-9)21-15-14-17-4-5-20(14)8-13(18-15)19-16/h4-8,19H,16H2,1-3H3. The molecule has 0 saturated carbocycles. The number of rotatable bonds is 3. The molecule has 0 bridgehead atoms. The van der Waals surface area contributed by atoms with E-state index in [0.717, 1.165) is 16.9 Å². The third-order valence-corrected chi connectivity index (χ3v) is 3.46. The van der Waals surface area contributed by atoms with Gasteiger partial charge in [-0.2, -0.15) is 4.98 Å². The highest BCUT2D eigenvalue weighted by Gasteiger charge is 2.12. The number of ether oxygens (including phenoxy) is 1. The number of nitrogens with one attached hydrogen (secondary N) is 1. The highest BCUT2D eigenvalue weighted by Crippen LogP contribution is 2.30. The maximum absolute atomic E-state index is 5.99. The minimum atomic E-state index is 0.420. The molecule has 0 saturated heterocycles. The van der Waals surface area contributed by atoms with Crippen LogP contribution in [0.2, 0.25) is 0 Å². The Morgan fingerprint density at radius 2 is 2.05 bits per heavy atom. The van der Waals surface area contributed by atoms with Crippen molar-refractivity contribution in [2.75, 3.05) is 5.43 Å². The number of aryl methyl sites for hydroxylation is 2. The highest BCUT2D eigenvalue weighted by atomic mass is 16.5. The molecule has 6 heteroatoms. The van der Waals surface area contributed by atoms with E-state index in [0.29, 0.717) is 17.3 Å². The maximum atomic E-state index is 5.99.